The van der Waals surface area contributed by atoms with Crippen LogP contribution in [0.3, 0.4) is 0 Å². The van der Waals surface area contributed by atoms with E-state index >= 15 is 0 Å². The number of esters is 1. The highest BCUT2D eigenvalue weighted by molar-refractivity contribution is 7.99. The first-order valence-corrected chi connectivity index (χ1v) is 12.2. The first kappa shape index (κ1) is 23.1. The highest BCUT2D eigenvalue weighted by atomic mass is 32.2. The summed E-state index contributed by atoms with van der Waals surface area (Å²) in [4.78, 5) is 26.3. The zero-order valence-electron chi connectivity index (χ0n) is 18.6. The Morgan fingerprint density at radius 2 is 2.03 bits per heavy atom. The summed E-state index contributed by atoms with van der Waals surface area (Å²) < 4.78 is 11.5. The number of ether oxygens (including phenoxy) is 2. The molecule has 3 aromatic rings. The van der Waals surface area contributed by atoms with Gasteiger partial charge in [-0.25, -0.2) is 9.47 Å². The van der Waals surface area contributed by atoms with Crippen molar-refractivity contribution in [1.29, 1.82) is 0 Å². The zero-order chi connectivity index (χ0) is 23.5. The van der Waals surface area contributed by atoms with E-state index in [1.807, 2.05) is 24.3 Å². The molecule has 1 aliphatic rings. The fraction of sp³-hybridized carbons (Fsp3) is 0.364. The Morgan fingerprint density at radius 3 is 2.73 bits per heavy atom. The van der Waals surface area contributed by atoms with E-state index in [9.17, 15) is 9.59 Å². The van der Waals surface area contributed by atoms with Gasteiger partial charge in [-0.1, -0.05) is 18.7 Å². The molecule has 0 saturated carbocycles. The molecule has 1 amide bonds. The molecule has 2 aromatic heterocycles. The normalized spacial score (nSPS) is 15.1. The Hall–Kier alpha value is -3.05. The van der Waals surface area contributed by atoms with Crippen molar-refractivity contribution < 1.29 is 19.1 Å². The molecular weight excluding hydrogens is 462 g/mol. The molecule has 33 heavy (non-hydrogen) atoms. The molecule has 1 aromatic carbocycles. The molecule has 0 aliphatic heterocycles. The molecular formula is C22H25N5O4S2. The van der Waals surface area contributed by atoms with Crippen LogP contribution in [0, 0.1) is 5.92 Å². The number of hydrogen-bond donors (Lipinski definition) is 2. The van der Waals surface area contributed by atoms with Gasteiger partial charge in [0.1, 0.15) is 10.8 Å². The number of carbonyl (C=O) groups is 2. The summed E-state index contributed by atoms with van der Waals surface area (Å²) in [5, 5.41) is 12.1. The third-order valence-electron chi connectivity index (χ3n) is 5.50. The van der Waals surface area contributed by atoms with Crippen LogP contribution in [0.4, 0.5) is 5.00 Å². The van der Waals surface area contributed by atoms with E-state index < -0.39 is 5.97 Å². The van der Waals surface area contributed by atoms with Gasteiger partial charge in [0, 0.05) is 10.4 Å². The second-order valence-electron chi connectivity index (χ2n) is 7.79. The highest BCUT2D eigenvalue weighted by Gasteiger charge is 2.29. The number of amides is 1. The number of nitrogens with one attached hydrogen (secondary N) is 1. The largest absolute Gasteiger partial charge is 0.497 e. The molecule has 9 nitrogen and oxygen atoms in total. The summed E-state index contributed by atoms with van der Waals surface area (Å²) in [6, 6.07) is 7.29. The molecule has 1 aliphatic carbocycles. The van der Waals surface area contributed by atoms with Gasteiger partial charge in [-0.3, -0.25) is 4.79 Å². The van der Waals surface area contributed by atoms with Gasteiger partial charge in [0.2, 0.25) is 11.1 Å². The van der Waals surface area contributed by atoms with Crippen LogP contribution in [0.25, 0.3) is 11.4 Å². The zero-order valence-corrected chi connectivity index (χ0v) is 20.2. The molecule has 174 valence electrons. The number of thioether (sulfide) groups is 1. The Bertz CT molecular complexity index is 1170. The molecule has 0 fully saturated rings. The molecule has 4 rings (SSSR count). The smallest absolute Gasteiger partial charge is 0.341 e. The van der Waals surface area contributed by atoms with Crippen molar-refractivity contribution in [3.8, 4) is 17.1 Å². The minimum atomic E-state index is -0.421. The van der Waals surface area contributed by atoms with Crippen molar-refractivity contribution in [2.45, 2.75) is 31.3 Å². The van der Waals surface area contributed by atoms with Crippen LogP contribution in [-0.2, 0) is 22.4 Å². The van der Waals surface area contributed by atoms with E-state index in [1.165, 1.54) is 34.9 Å². The van der Waals surface area contributed by atoms with Gasteiger partial charge in [-0.05, 0) is 55.0 Å². The summed E-state index contributed by atoms with van der Waals surface area (Å²) in [5.74, 6) is 7.30. The fourth-order valence-electron chi connectivity index (χ4n) is 3.76. The average Bonchev–Trinajstić information content (AvgIpc) is 3.36. The molecule has 3 N–H and O–H groups in total. The number of nitrogen functional groups attached to an aromatic ring is 1. The third-order valence-corrected chi connectivity index (χ3v) is 7.61. The fourth-order valence-corrected chi connectivity index (χ4v) is 5.83. The number of aromatic nitrogens is 3. The topological polar surface area (TPSA) is 121 Å². The highest BCUT2D eigenvalue weighted by Crippen LogP contribution is 2.40. The standard InChI is InChI=1S/C22H25N5O4S2/c1-12-4-9-15-16(10-12)33-20(18(15)21(29)31-3)24-17(28)11-32-22-26-25-19(27(22)23)13-5-7-14(30-2)8-6-13/h5-8,12H,4,9-11,23H2,1-3H3,(H,24,28). The van der Waals surface area contributed by atoms with Gasteiger partial charge in [0.05, 0.1) is 25.5 Å². The van der Waals surface area contributed by atoms with Crippen LogP contribution >= 0.6 is 23.1 Å². The van der Waals surface area contributed by atoms with Crippen molar-refractivity contribution in [3.63, 3.8) is 0 Å². The van der Waals surface area contributed by atoms with Crippen LogP contribution in [0.2, 0.25) is 0 Å². The van der Waals surface area contributed by atoms with Crippen molar-refractivity contribution in [3.05, 3.63) is 40.3 Å². The number of methoxy groups -OCH3 is 2. The maximum Gasteiger partial charge on any atom is 0.341 e. The lowest BCUT2D eigenvalue weighted by molar-refractivity contribution is -0.113. The van der Waals surface area contributed by atoms with Crippen molar-refractivity contribution in [1.82, 2.24) is 14.9 Å². The lowest BCUT2D eigenvalue weighted by Gasteiger charge is -2.18. The minimum Gasteiger partial charge on any atom is -0.497 e. The second kappa shape index (κ2) is 9.84. The Labute approximate surface area is 199 Å². The molecule has 1 unspecified atom stereocenters. The van der Waals surface area contributed by atoms with Crippen molar-refractivity contribution in [2.24, 2.45) is 5.92 Å². The minimum absolute atomic E-state index is 0.0670. The van der Waals surface area contributed by atoms with Gasteiger partial charge < -0.3 is 20.6 Å². The van der Waals surface area contributed by atoms with E-state index in [0.717, 1.165) is 41.0 Å². The monoisotopic (exact) mass is 487 g/mol. The molecule has 0 radical (unpaired) electrons. The Morgan fingerprint density at radius 1 is 1.27 bits per heavy atom. The molecule has 2 heterocycles. The number of nitrogens with two attached hydrogens (primary N) is 1. The first-order valence-electron chi connectivity index (χ1n) is 10.4. The number of nitrogens with zero attached hydrogens (tertiary/aromatic N) is 3. The van der Waals surface area contributed by atoms with Crippen LogP contribution < -0.4 is 15.9 Å². The summed E-state index contributed by atoms with van der Waals surface area (Å²) in [6.45, 7) is 2.19. The number of carbonyl (C=O) groups excluding carboxylic acids is 2. The SMILES string of the molecule is COC(=O)c1c(NC(=O)CSc2nnc(-c3ccc(OC)cc3)n2N)sc2c1CCC(C)C2. The summed E-state index contributed by atoms with van der Waals surface area (Å²) in [7, 11) is 2.95. The van der Waals surface area contributed by atoms with E-state index in [-0.39, 0.29) is 11.7 Å². The third kappa shape index (κ3) is 4.83. The summed E-state index contributed by atoms with van der Waals surface area (Å²) in [6.07, 6.45) is 2.73. The van der Waals surface area contributed by atoms with Gasteiger partial charge in [0.15, 0.2) is 5.82 Å². The van der Waals surface area contributed by atoms with Gasteiger partial charge >= 0.3 is 5.97 Å². The lowest BCUT2D eigenvalue weighted by atomic mass is 9.88. The number of rotatable bonds is 7. The Kier molecular flexibility index (Phi) is 6.89. The molecule has 0 saturated heterocycles. The predicted octanol–water partition coefficient (Wildman–Crippen LogP) is 3.37. The van der Waals surface area contributed by atoms with Crippen LogP contribution in [0.5, 0.6) is 5.75 Å². The van der Waals surface area contributed by atoms with Gasteiger partial charge in [-0.15, -0.1) is 21.5 Å². The van der Waals surface area contributed by atoms with Crippen LogP contribution in [-0.4, -0.2) is 46.7 Å². The lowest BCUT2D eigenvalue weighted by Crippen LogP contribution is -2.18. The Balaban J connectivity index is 1.45. The van der Waals surface area contributed by atoms with Gasteiger partial charge in [-0.2, -0.15) is 0 Å². The number of anilines is 1. The molecule has 0 bridgehead atoms. The van der Waals surface area contributed by atoms with E-state index in [0.29, 0.717) is 27.5 Å². The molecule has 0 spiro atoms. The number of fused-ring (bicyclic) bond motifs is 1. The van der Waals surface area contributed by atoms with Gasteiger partial charge in [0.25, 0.3) is 0 Å². The van der Waals surface area contributed by atoms with Crippen LogP contribution in [0.15, 0.2) is 29.4 Å². The van der Waals surface area contributed by atoms with E-state index in [4.69, 9.17) is 15.3 Å². The summed E-state index contributed by atoms with van der Waals surface area (Å²) >= 11 is 2.63. The van der Waals surface area contributed by atoms with Crippen molar-refractivity contribution in [2.75, 3.05) is 31.1 Å². The number of thiophene rings is 1. The van der Waals surface area contributed by atoms with Crippen LogP contribution in [0.1, 0.15) is 34.1 Å². The maximum absolute atomic E-state index is 12.7. The predicted molar refractivity (Wildman–Crippen MR) is 128 cm³/mol. The first-order chi connectivity index (χ1) is 15.9. The molecule has 1 atom stereocenters. The van der Waals surface area contributed by atoms with Crippen molar-refractivity contribution >= 4 is 40.0 Å². The summed E-state index contributed by atoms with van der Waals surface area (Å²) in [5.41, 5.74) is 2.26. The maximum atomic E-state index is 12.7. The quantitative estimate of drug-likeness (QED) is 0.296. The molecule has 11 heteroatoms. The van der Waals surface area contributed by atoms with E-state index in [1.54, 1.807) is 7.11 Å². The second-order valence-corrected chi connectivity index (χ2v) is 9.84. The number of benzene rings is 1. The average molecular weight is 488 g/mol. The van der Waals surface area contributed by atoms with E-state index in [2.05, 4.69) is 22.4 Å². The number of hydrogen-bond acceptors (Lipinski definition) is 9.